The minimum Gasteiger partial charge on any atom is -0.357 e. The van der Waals surface area contributed by atoms with Crippen molar-refractivity contribution in [2.75, 3.05) is 17.7 Å². The van der Waals surface area contributed by atoms with Gasteiger partial charge in [-0.15, -0.1) is 0 Å². The highest BCUT2D eigenvalue weighted by molar-refractivity contribution is 6.39. The molecule has 0 atom stereocenters. The van der Waals surface area contributed by atoms with Crippen molar-refractivity contribution in [2.45, 2.75) is 0 Å². The first kappa shape index (κ1) is 13.8. The zero-order chi connectivity index (χ0) is 15.0. The van der Waals surface area contributed by atoms with Crippen molar-refractivity contribution in [3.63, 3.8) is 0 Å². The molecule has 0 radical (unpaired) electrons. The third kappa shape index (κ3) is 2.57. The van der Waals surface area contributed by atoms with Gasteiger partial charge in [-0.1, -0.05) is 23.2 Å². The van der Waals surface area contributed by atoms with E-state index in [9.17, 15) is 4.39 Å². The molecule has 2 heterocycles. The van der Waals surface area contributed by atoms with E-state index in [0.717, 1.165) is 0 Å². The third-order valence-corrected chi connectivity index (χ3v) is 3.38. The topological polar surface area (TPSA) is 78.5 Å². The molecule has 3 rings (SSSR count). The van der Waals surface area contributed by atoms with Crippen LogP contribution >= 0.6 is 23.2 Å². The largest absolute Gasteiger partial charge is 0.357 e. The van der Waals surface area contributed by atoms with Gasteiger partial charge in [0.1, 0.15) is 11.6 Å². The van der Waals surface area contributed by atoms with Gasteiger partial charge in [0.05, 0.1) is 27.3 Å². The van der Waals surface area contributed by atoms with Crippen LogP contribution in [0.2, 0.25) is 10.0 Å². The SMILES string of the molecule is CNc1nc(Nc2c(Cl)cc(F)cc2Cl)c2cn[nH]c2n1. The van der Waals surface area contributed by atoms with Crippen molar-refractivity contribution in [1.29, 1.82) is 0 Å². The molecule has 0 aliphatic heterocycles. The number of hydrogen-bond acceptors (Lipinski definition) is 5. The molecule has 108 valence electrons. The summed E-state index contributed by atoms with van der Waals surface area (Å²) in [6.07, 6.45) is 1.57. The van der Waals surface area contributed by atoms with Crippen LogP contribution in [-0.2, 0) is 0 Å². The number of hydrogen-bond donors (Lipinski definition) is 3. The van der Waals surface area contributed by atoms with Gasteiger partial charge in [-0.3, -0.25) is 5.10 Å². The molecule has 0 fully saturated rings. The van der Waals surface area contributed by atoms with Gasteiger partial charge in [-0.2, -0.15) is 15.1 Å². The molecule has 6 nitrogen and oxygen atoms in total. The Kier molecular flexibility index (Phi) is 3.52. The number of nitrogens with one attached hydrogen (secondary N) is 3. The highest BCUT2D eigenvalue weighted by Crippen LogP contribution is 2.35. The van der Waals surface area contributed by atoms with E-state index in [-0.39, 0.29) is 10.0 Å². The molecule has 0 aliphatic carbocycles. The second kappa shape index (κ2) is 5.34. The molecule has 9 heteroatoms. The quantitative estimate of drug-likeness (QED) is 0.685. The molecule has 0 spiro atoms. The van der Waals surface area contributed by atoms with Crippen LogP contribution in [0.1, 0.15) is 0 Å². The van der Waals surface area contributed by atoms with Gasteiger partial charge < -0.3 is 10.6 Å². The zero-order valence-electron chi connectivity index (χ0n) is 10.7. The predicted octanol–water partition coefficient (Wildman–Crippen LogP) is 3.58. The molecule has 0 bridgehead atoms. The Labute approximate surface area is 128 Å². The minimum absolute atomic E-state index is 0.154. The van der Waals surface area contributed by atoms with E-state index in [1.807, 2.05) is 0 Å². The lowest BCUT2D eigenvalue weighted by Crippen LogP contribution is -2.02. The van der Waals surface area contributed by atoms with E-state index in [0.29, 0.717) is 28.5 Å². The summed E-state index contributed by atoms with van der Waals surface area (Å²) in [5.74, 6) is 0.333. The normalized spacial score (nSPS) is 10.9. The fourth-order valence-electron chi connectivity index (χ4n) is 1.82. The average Bonchev–Trinajstić information content (AvgIpc) is 2.90. The summed E-state index contributed by atoms with van der Waals surface area (Å²) >= 11 is 12.0. The number of aromatic nitrogens is 4. The van der Waals surface area contributed by atoms with Crippen LogP contribution < -0.4 is 10.6 Å². The average molecular weight is 327 g/mol. The van der Waals surface area contributed by atoms with Crippen LogP contribution in [0, 0.1) is 5.82 Å². The smallest absolute Gasteiger partial charge is 0.226 e. The van der Waals surface area contributed by atoms with Gasteiger partial charge >= 0.3 is 0 Å². The third-order valence-electron chi connectivity index (χ3n) is 2.78. The molecule has 0 amide bonds. The van der Waals surface area contributed by atoms with Gasteiger partial charge in [0.2, 0.25) is 5.95 Å². The van der Waals surface area contributed by atoms with Gasteiger partial charge in [-0.25, -0.2) is 4.39 Å². The van der Waals surface area contributed by atoms with Crippen LogP contribution in [0.5, 0.6) is 0 Å². The monoisotopic (exact) mass is 326 g/mol. The second-order valence-electron chi connectivity index (χ2n) is 4.15. The Morgan fingerprint density at radius 1 is 1.19 bits per heavy atom. The Morgan fingerprint density at radius 2 is 1.90 bits per heavy atom. The Bertz CT molecular complexity index is 796. The first-order valence-corrected chi connectivity index (χ1v) is 6.64. The Balaban J connectivity index is 2.11. The highest BCUT2D eigenvalue weighted by Gasteiger charge is 2.14. The van der Waals surface area contributed by atoms with Gasteiger partial charge in [0.25, 0.3) is 0 Å². The number of aromatic amines is 1. The summed E-state index contributed by atoms with van der Waals surface area (Å²) < 4.78 is 13.2. The van der Waals surface area contributed by atoms with Gasteiger partial charge in [-0.05, 0) is 12.1 Å². The van der Waals surface area contributed by atoms with E-state index >= 15 is 0 Å². The molecule has 0 saturated carbocycles. The van der Waals surface area contributed by atoms with Gasteiger partial charge in [0.15, 0.2) is 5.65 Å². The van der Waals surface area contributed by atoms with Crippen LogP contribution in [0.15, 0.2) is 18.3 Å². The van der Waals surface area contributed by atoms with Crippen molar-refractivity contribution in [3.8, 4) is 0 Å². The predicted molar refractivity (Wildman–Crippen MR) is 80.9 cm³/mol. The molecule has 0 unspecified atom stereocenters. The standard InChI is InChI=1S/C12H9Cl2FN6/c1-16-12-19-10(6-4-17-21-11(6)20-12)18-9-7(13)2-5(15)3-8(9)14/h2-4H,1H3,(H3,16,17,18,19,20,21). The van der Waals surface area contributed by atoms with Crippen LogP contribution in [-0.4, -0.2) is 27.2 Å². The van der Waals surface area contributed by atoms with Crippen LogP contribution in [0.4, 0.5) is 21.8 Å². The van der Waals surface area contributed by atoms with Crippen molar-refractivity contribution in [3.05, 3.63) is 34.2 Å². The van der Waals surface area contributed by atoms with E-state index < -0.39 is 5.82 Å². The number of fused-ring (bicyclic) bond motifs is 1. The Hall–Kier alpha value is -2.12. The number of halogens is 3. The molecule has 3 N–H and O–H groups in total. The van der Waals surface area contributed by atoms with E-state index in [2.05, 4.69) is 30.8 Å². The molecule has 2 aromatic heterocycles. The number of rotatable bonds is 3. The van der Waals surface area contributed by atoms with Crippen molar-refractivity contribution in [1.82, 2.24) is 20.2 Å². The van der Waals surface area contributed by atoms with Crippen LogP contribution in [0.3, 0.4) is 0 Å². The van der Waals surface area contributed by atoms with E-state index in [1.54, 1.807) is 13.2 Å². The summed E-state index contributed by atoms with van der Waals surface area (Å²) in [6, 6.07) is 2.34. The first-order chi connectivity index (χ1) is 10.1. The fourth-order valence-corrected chi connectivity index (χ4v) is 2.38. The summed E-state index contributed by atoms with van der Waals surface area (Å²) in [5, 5.41) is 13.5. The molecular formula is C12H9Cl2FN6. The maximum atomic E-state index is 13.2. The lowest BCUT2D eigenvalue weighted by molar-refractivity contribution is 0.628. The zero-order valence-corrected chi connectivity index (χ0v) is 12.2. The van der Waals surface area contributed by atoms with E-state index in [1.165, 1.54) is 12.1 Å². The maximum absolute atomic E-state index is 13.2. The van der Waals surface area contributed by atoms with Gasteiger partial charge in [0, 0.05) is 7.05 Å². The fraction of sp³-hybridized carbons (Fsp3) is 0.0833. The number of H-pyrrole nitrogens is 1. The molecule has 3 aromatic rings. The number of nitrogens with zero attached hydrogens (tertiary/aromatic N) is 3. The number of benzene rings is 1. The molecule has 0 aliphatic rings. The second-order valence-corrected chi connectivity index (χ2v) is 4.96. The molecule has 0 saturated heterocycles. The van der Waals surface area contributed by atoms with Crippen molar-refractivity contribution in [2.24, 2.45) is 0 Å². The summed E-state index contributed by atoms with van der Waals surface area (Å²) in [6.45, 7) is 0. The van der Waals surface area contributed by atoms with Crippen molar-refractivity contribution < 1.29 is 4.39 Å². The molecule has 21 heavy (non-hydrogen) atoms. The summed E-state index contributed by atoms with van der Waals surface area (Å²) in [7, 11) is 1.69. The maximum Gasteiger partial charge on any atom is 0.226 e. The van der Waals surface area contributed by atoms with Crippen LogP contribution in [0.25, 0.3) is 11.0 Å². The number of anilines is 3. The Morgan fingerprint density at radius 3 is 2.57 bits per heavy atom. The van der Waals surface area contributed by atoms with E-state index in [4.69, 9.17) is 23.2 Å². The summed E-state index contributed by atoms with van der Waals surface area (Å²) in [4.78, 5) is 8.50. The highest BCUT2D eigenvalue weighted by atomic mass is 35.5. The van der Waals surface area contributed by atoms with Crippen molar-refractivity contribution >= 4 is 51.7 Å². The lowest BCUT2D eigenvalue weighted by atomic mass is 10.3. The summed E-state index contributed by atoms with van der Waals surface area (Å²) in [5.41, 5.74) is 0.911. The minimum atomic E-state index is -0.511. The lowest BCUT2D eigenvalue weighted by Gasteiger charge is -2.11. The molecular weight excluding hydrogens is 318 g/mol. The first-order valence-electron chi connectivity index (χ1n) is 5.89. The molecule has 1 aromatic carbocycles.